The Labute approximate surface area is 133 Å². The van der Waals surface area contributed by atoms with Gasteiger partial charge in [-0.3, -0.25) is 0 Å². The highest BCUT2D eigenvalue weighted by Gasteiger charge is 2.29. The van der Waals surface area contributed by atoms with Crippen molar-refractivity contribution in [3.05, 3.63) is 52.0 Å². The number of aliphatic hydroxyl groups excluding tert-OH is 1. The molecule has 1 amide bonds. The molecule has 1 atom stereocenters. The molecule has 5 nitrogen and oxygen atoms in total. The van der Waals surface area contributed by atoms with Gasteiger partial charge in [-0.1, -0.05) is 30.3 Å². The lowest BCUT2D eigenvalue weighted by Crippen LogP contribution is -2.29. The number of hydrogen-bond donors (Lipinski definition) is 1. The van der Waals surface area contributed by atoms with Crippen LogP contribution in [0.5, 0.6) is 0 Å². The number of likely N-dealkylation sites (tertiary alicyclic amines) is 1. The molecule has 22 heavy (non-hydrogen) atoms. The minimum absolute atomic E-state index is 0.0276. The zero-order valence-corrected chi connectivity index (χ0v) is 13.0. The van der Waals surface area contributed by atoms with E-state index in [1.54, 1.807) is 4.90 Å². The third-order valence-electron chi connectivity index (χ3n) is 3.77. The van der Waals surface area contributed by atoms with Crippen LogP contribution in [0.15, 0.2) is 35.7 Å². The van der Waals surface area contributed by atoms with Crippen molar-refractivity contribution in [2.45, 2.75) is 25.6 Å². The summed E-state index contributed by atoms with van der Waals surface area (Å²) in [5.74, 6) is 0.237. The predicted molar refractivity (Wildman–Crippen MR) is 83.6 cm³/mol. The van der Waals surface area contributed by atoms with Crippen molar-refractivity contribution >= 4 is 17.4 Å². The van der Waals surface area contributed by atoms with E-state index in [-0.39, 0.29) is 18.6 Å². The van der Waals surface area contributed by atoms with Crippen LogP contribution in [-0.2, 0) is 18.0 Å². The molecule has 0 aliphatic carbocycles. The quantitative estimate of drug-likeness (QED) is 0.941. The van der Waals surface area contributed by atoms with E-state index in [1.807, 2.05) is 35.7 Å². The number of amides is 1. The van der Waals surface area contributed by atoms with Crippen molar-refractivity contribution in [1.29, 1.82) is 0 Å². The third kappa shape index (κ3) is 3.45. The number of thiazole rings is 1. The van der Waals surface area contributed by atoms with Crippen molar-refractivity contribution in [3.63, 3.8) is 0 Å². The van der Waals surface area contributed by atoms with Gasteiger partial charge in [0.1, 0.15) is 11.6 Å². The molecule has 1 unspecified atom stereocenters. The van der Waals surface area contributed by atoms with E-state index in [0.29, 0.717) is 19.7 Å². The minimum Gasteiger partial charge on any atom is -0.445 e. The summed E-state index contributed by atoms with van der Waals surface area (Å²) in [7, 11) is 0. The smallest absolute Gasteiger partial charge is 0.410 e. The van der Waals surface area contributed by atoms with Crippen molar-refractivity contribution in [3.8, 4) is 0 Å². The molecule has 3 rings (SSSR count). The van der Waals surface area contributed by atoms with Gasteiger partial charge < -0.3 is 14.7 Å². The number of hydrogen-bond acceptors (Lipinski definition) is 5. The van der Waals surface area contributed by atoms with E-state index in [0.717, 1.165) is 22.7 Å². The van der Waals surface area contributed by atoms with Crippen molar-refractivity contribution in [2.24, 2.45) is 0 Å². The summed E-state index contributed by atoms with van der Waals surface area (Å²) >= 11 is 1.46. The second kappa shape index (κ2) is 6.89. The van der Waals surface area contributed by atoms with Crippen LogP contribution in [0, 0.1) is 0 Å². The Morgan fingerprint density at radius 2 is 2.23 bits per heavy atom. The van der Waals surface area contributed by atoms with Gasteiger partial charge in [0, 0.05) is 24.4 Å². The first-order valence-corrected chi connectivity index (χ1v) is 8.15. The first-order valence-electron chi connectivity index (χ1n) is 7.27. The van der Waals surface area contributed by atoms with Crippen LogP contribution in [0.25, 0.3) is 0 Å². The van der Waals surface area contributed by atoms with Crippen molar-refractivity contribution in [1.82, 2.24) is 9.88 Å². The molecule has 6 heteroatoms. The number of ether oxygens (including phenoxy) is 1. The highest BCUT2D eigenvalue weighted by Crippen LogP contribution is 2.28. The minimum atomic E-state index is -0.274. The Morgan fingerprint density at radius 3 is 2.95 bits per heavy atom. The van der Waals surface area contributed by atoms with Gasteiger partial charge in [-0.25, -0.2) is 9.78 Å². The van der Waals surface area contributed by atoms with E-state index in [1.165, 1.54) is 11.3 Å². The summed E-state index contributed by atoms with van der Waals surface area (Å²) in [6.07, 6.45) is 0.610. The molecule has 2 heterocycles. The molecule has 1 N–H and O–H groups in total. The Bertz CT molecular complexity index is 629. The Morgan fingerprint density at radius 1 is 1.41 bits per heavy atom. The van der Waals surface area contributed by atoms with E-state index < -0.39 is 0 Å². The van der Waals surface area contributed by atoms with Gasteiger partial charge in [-0.05, 0) is 12.0 Å². The molecule has 0 saturated carbocycles. The Kier molecular flexibility index (Phi) is 4.70. The highest BCUT2D eigenvalue weighted by atomic mass is 32.1. The van der Waals surface area contributed by atoms with E-state index in [9.17, 15) is 4.79 Å². The SMILES string of the molecule is O=C(OCc1ccccc1)N1CCC(c2csc(CO)n2)C1. The zero-order valence-electron chi connectivity index (χ0n) is 12.1. The average molecular weight is 318 g/mol. The van der Waals surface area contributed by atoms with Crippen LogP contribution in [0.1, 0.15) is 28.6 Å². The van der Waals surface area contributed by atoms with Gasteiger partial charge in [0.05, 0.1) is 12.3 Å². The van der Waals surface area contributed by atoms with Gasteiger partial charge in [0.2, 0.25) is 0 Å². The number of aliphatic hydroxyl groups is 1. The van der Waals surface area contributed by atoms with E-state index >= 15 is 0 Å². The maximum Gasteiger partial charge on any atom is 0.410 e. The fourth-order valence-electron chi connectivity index (χ4n) is 2.56. The Hall–Kier alpha value is -1.92. The normalized spacial score (nSPS) is 17.7. The van der Waals surface area contributed by atoms with Crippen LogP contribution in [0.4, 0.5) is 4.79 Å². The van der Waals surface area contributed by atoms with E-state index in [2.05, 4.69) is 4.98 Å². The second-order valence-electron chi connectivity index (χ2n) is 5.30. The fraction of sp³-hybridized carbons (Fsp3) is 0.375. The second-order valence-corrected chi connectivity index (χ2v) is 6.24. The van der Waals surface area contributed by atoms with Crippen LogP contribution < -0.4 is 0 Å². The molecule has 0 radical (unpaired) electrons. The monoisotopic (exact) mass is 318 g/mol. The molecule has 0 spiro atoms. The average Bonchev–Trinajstić information content (AvgIpc) is 3.22. The lowest BCUT2D eigenvalue weighted by Gasteiger charge is -2.16. The van der Waals surface area contributed by atoms with E-state index in [4.69, 9.17) is 9.84 Å². The predicted octanol–water partition coefficient (Wildman–Crippen LogP) is 2.76. The van der Waals surface area contributed by atoms with Crippen molar-refractivity contribution < 1.29 is 14.6 Å². The van der Waals surface area contributed by atoms with Crippen LogP contribution in [0.3, 0.4) is 0 Å². The molecule has 0 bridgehead atoms. The topological polar surface area (TPSA) is 62.7 Å². The summed E-state index contributed by atoms with van der Waals surface area (Å²) in [4.78, 5) is 18.2. The van der Waals surface area contributed by atoms with Gasteiger partial charge in [-0.2, -0.15) is 0 Å². The molecule has 1 aliphatic heterocycles. The first kappa shape index (κ1) is 15.0. The maximum absolute atomic E-state index is 12.1. The molecule has 116 valence electrons. The Balaban J connectivity index is 1.52. The number of carbonyl (C=O) groups is 1. The van der Waals surface area contributed by atoms with Crippen LogP contribution >= 0.6 is 11.3 Å². The van der Waals surface area contributed by atoms with Crippen molar-refractivity contribution in [2.75, 3.05) is 13.1 Å². The molecule has 1 aliphatic rings. The highest BCUT2D eigenvalue weighted by molar-refractivity contribution is 7.09. The zero-order chi connectivity index (χ0) is 15.4. The number of rotatable bonds is 4. The summed E-state index contributed by atoms with van der Waals surface area (Å²) < 4.78 is 5.35. The summed E-state index contributed by atoms with van der Waals surface area (Å²) in [5.41, 5.74) is 1.95. The first-order chi connectivity index (χ1) is 10.8. The fourth-order valence-corrected chi connectivity index (χ4v) is 3.30. The lowest BCUT2D eigenvalue weighted by molar-refractivity contribution is 0.104. The molecule has 1 saturated heterocycles. The largest absolute Gasteiger partial charge is 0.445 e. The van der Waals surface area contributed by atoms with Gasteiger partial charge in [0.25, 0.3) is 0 Å². The maximum atomic E-state index is 12.1. The van der Waals surface area contributed by atoms with Gasteiger partial charge in [-0.15, -0.1) is 11.3 Å². The number of benzene rings is 1. The molecule has 1 aromatic heterocycles. The lowest BCUT2D eigenvalue weighted by atomic mass is 10.1. The van der Waals surface area contributed by atoms with Crippen LogP contribution in [-0.4, -0.2) is 34.2 Å². The number of aromatic nitrogens is 1. The van der Waals surface area contributed by atoms with Gasteiger partial charge >= 0.3 is 6.09 Å². The molecular formula is C16H18N2O3S. The summed E-state index contributed by atoms with van der Waals surface area (Å²) in [5, 5.41) is 11.8. The summed E-state index contributed by atoms with van der Waals surface area (Å²) in [6, 6.07) is 9.66. The van der Waals surface area contributed by atoms with Crippen LogP contribution in [0.2, 0.25) is 0 Å². The molecular weight excluding hydrogens is 300 g/mol. The molecule has 1 aromatic carbocycles. The molecule has 2 aromatic rings. The third-order valence-corrected chi connectivity index (χ3v) is 4.63. The summed E-state index contributed by atoms with van der Waals surface area (Å²) in [6.45, 7) is 1.58. The standard InChI is InChI=1S/C16H18N2O3S/c19-9-15-17-14(11-22-15)13-6-7-18(8-13)16(20)21-10-12-4-2-1-3-5-12/h1-5,11,13,19H,6-10H2. The van der Waals surface area contributed by atoms with Gasteiger partial charge in [0.15, 0.2) is 0 Å². The number of carbonyl (C=O) groups excluding carboxylic acids is 1. The number of nitrogens with zero attached hydrogens (tertiary/aromatic N) is 2. The molecule has 1 fully saturated rings.